The van der Waals surface area contributed by atoms with E-state index in [4.69, 9.17) is 0 Å². The number of rotatable bonds is 6. The Morgan fingerprint density at radius 1 is 1.58 bits per heavy atom. The third kappa shape index (κ3) is 6.53. The quantitative estimate of drug-likeness (QED) is 0.648. The molecule has 0 bridgehead atoms. The van der Waals surface area contributed by atoms with E-state index in [-0.39, 0.29) is 5.91 Å². The van der Waals surface area contributed by atoms with E-state index in [1.807, 2.05) is 6.92 Å². The van der Waals surface area contributed by atoms with Gasteiger partial charge in [0.15, 0.2) is 0 Å². The van der Waals surface area contributed by atoms with Gasteiger partial charge in [0.1, 0.15) is 0 Å². The highest BCUT2D eigenvalue weighted by Gasteiger charge is 2.03. The molecular weight excluding hydrogens is 170 g/mol. The van der Waals surface area contributed by atoms with Crippen LogP contribution in [0.4, 0.5) is 0 Å². The van der Waals surface area contributed by atoms with Crippen molar-refractivity contribution in [1.82, 2.24) is 5.32 Å². The smallest absolute Gasteiger partial charge is 0.220 e. The maximum atomic E-state index is 11.2. The predicted molar refractivity (Wildman–Crippen MR) is 55.5 cm³/mol. The first-order chi connectivity index (χ1) is 5.70. The largest absolute Gasteiger partial charge is 0.354 e. The first kappa shape index (κ1) is 11.8. The molecule has 1 unspecified atom stereocenters. The third-order valence-electron chi connectivity index (χ3n) is 1.77. The highest BCUT2D eigenvalue weighted by Crippen LogP contribution is 1.99. The summed E-state index contributed by atoms with van der Waals surface area (Å²) in [5.41, 5.74) is 0. The zero-order valence-corrected chi connectivity index (χ0v) is 9.04. The van der Waals surface area contributed by atoms with Crippen LogP contribution in [0.2, 0.25) is 0 Å². The summed E-state index contributed by atoms with van der Waals surface area (Å²) in [5.74, 6) is 1.27. The molecule has 1 amide bonds. The molecule has 0 radical (unpaired) electrons. The molecule has 72 valence electrons. The van der Waals surface area contributed by atoms with Crippen LogP contribution in [0, 0.1) is 0 Å². The summed E-state index contributed by atoms with van der Waals surface area (Å²) in [6.45, 7) is 4.11. The number of thioether (sulfide) groups is 1. The molecule has 0 aromatic carbocycles. The van der Waals surface area contributed by atoms with Crippen LogP contribution >= 0.6 is 11.8 Å². The standard InChI is InChI=1S/C9H19NOS/c1-4-8(2)10-9(11)6-5-7-12-3/h8H,4-7H2,1-3H3,(H,10,11). The lowest BCUT2D eigenvalue weighted by Gasteiger charge is -2.10. The van der Waals surface area contributed by atoms with Gasteiger partial charge in [-0.3, -0.25) is 4.79 Å². The van der Waals surface area contributed by atoms with Gasteiger partial charge in [-0.15, -0.1) is 0 Å². The van der Waals surface area contributed by atoms with Crippen molar-refractivity contribution in [3.63, 3.8) is 0 Å². The maximum absolute atomic E-state index is 11.2. The van der Waals surface area contributed by atoms with Crippen molar-refractivity contribution in [3.05, 3.63) is 0 Å². The topological polar surface area (TPSA) is 29.1 Å². The summed E-state index contributed by atoms with van der Waals surface area (Å²) in [5, 5.41) is 2.94. The van der Waals surface area contributed by atoms with Crippen LogP contribution in [0.5, 0.6) is 0 Å². The van der Waals surface area contributed by atoms with E-state index in [9.17, 15) is 4.79 Å². The fourth-order valence-corrected chi connectivity index (χ4v) is 1.26. The van der Waals surface area contributed by atoms with Crippen LogP contribution in [0.15, 0.2) is 0 Å². The number of hydrogen-bond donors (Lipinski definition) is 1. The number of hydrogen-bond acceptors (Lipinski definition) is 2. The van der Waals surface area contributed by atoms with E-state index >= 15 is 0 Å². The number of carbonyl (C=O) groups is 1. The zero-order valence-electron chi connectivity index (χ0n) is 8.22. The molecule has 0 spiro atoms. The van der Waals surface area contributed by atoms with Crippen LogP contribution in [-0.2, 0) is 4.79 Å². The molecule has 1 N–H and O–H groups in total. The highest BCUT2D eigenvalue weighted by atomic mass is 32.2. The van der Waals surface area contributed by atoms with E-state index in [1.165, 1.54) is 0 Å². The Bertz CT molecular complexity index is 128. The molecule has 0 aromatic heterocycles. The second-order valence-corrected chi connectivity index (χ2v) is 3.96. The van der Waals surface area contributed by atoms with Crippen molar-refractivity contribution in [3.8, 4) is 0 Å². The van der Waals surface area contributed by atoms with Crippen molar-refractivity contribution in [2.24, 2.45) is 0 Å². The Kier molecular flexibility index (Phi) is 7.36. The van der Waals surface area contributed by atoms with Crippen molar-refractivity contribution < 1.29 is 4.79 Å². The Hall–Kier alpha value is -0.180. The summed E-state index contributed by atoms with van der Waals surface area (Å²) >= 11 is 1.79. The Labute approximate surface area is 79.5 Å². The number of nitrogens with one attached hydrogen (secondary N) is 1. The van der Waals surface area contributed by atoms with Crippen molar-refractivity contribution >= 4 is 17.7 Å². The predicted octanol–water partition coefficient (Wildman–Crippen LogP) is 2.04. The van der Waals surface area contributed by atoms with E-state index in [0.717, 1.165) is 18.6 Å². The van der Waals surface area contributed by atoms with Gasteiger partial charge in [-0.25, -0.2) is 0 Å². The molecule has 0 rings (SSSR count). The van der Waals surface area contributed by atoms with E-state index in [1.54, 1.807) is 11.8 Å². The second kappa shape index (κ2) is 7.47. The van der Waals surface area contributed by atoms with Crippen LogP contribution < -0.4 is 5.32 Å². The molecule has 2 nitrogen and oxygen atoms in total. The lowest BCUT2D eigenvalue weighted by molar-refractivity contribution is -0.121. The minimum atomic E-state index is 0.193. The molecule has 1 atom stereocenters. The molecule has 0 saturated carbocycles. The molecule has 0 aliphatic heterocycles. The van der Waals surface area contributed by atoms with Crippen molar-refractivity contribution in [2.75, 3.05) is 12.0 Å². The highest BCUT2D eigenvalue weighted by molar-refractivity contribution is 7.98. The van der Waals surface area contributed by atoms with Gasteiger partial charge in [0, 0.05) is 12.5 Å². The van der Waals surface area contributed by atoms with Crippen molar-refractivity contribution in [2.45, 2.75) is 39.2 Å². The molecule has 0 heterocycles. The molecular formula is C9H19NOS. The van der Waals surface area contributed by atoms with Gasteiger partial charge in [0.25, 0.3) is 0 Å². The fourth-order valence-electron chi connectivity index (χ4n) is 0.826. The van der Waals surface area contributed by atoms with Gasteiger partial charge < -0.3 is 5.32 Å². The first-order valence-corrected chi connectivity index (χ1v) is 5.88. The first-order valence-electron chi connectivity index (χ1n) is 4.49. The monoisotopic (exact) mass is 189 g/mol. The SMILES string of the molecule is CCC(C)NC(=O)CCCSC. The molecule has 3 heteroatoms. The summed E-state index contributed by atoms with van der Waals surface area (Å²) in [4.78, 5) is 11.2. The van der Waals surface area contributed by atoms with Gasteiger partial charge in [0.05, 0.1) is 0 Å². The van der Waals surface area contributed by atoms with Crippen LogP contribution in [0.25, 0.3) is 0 Å². The fraction of sp³-hybridized carbons (Fsp3) is 0.889. The van der Waals surface area contributed by atoms with Gasteiger partial charge in [0.2, 0.25) is 5.91 Å². The third-order valence-corrected chi connectivity index (χ3v) is 2.47. The minimum Gasteiger partial charge on any atom is -0.354 e. The molecule has 0 saturated heterocycles. The summed E-state index contributed by atoms with van der Waals surface area (Å²) in [7, 11) is 0. The van der Waals surface area contributed by atoms with E-state index in [0.29, 0.717) is 12.5 Å². The van der Waals surface area contributed by atoms with Crippen LogP contribution in [-0.4, -0.2) is 24.0 Å². The van der Waals surface area contributed by atoms with Crippen LogP contribution in [0.3, 0.4) is 0 Å². The average Bonchev–Trinajstić information content (AvgIpc) is 2.05. The summed E-state index contributed by atoms with van der Waals surface area (Å²) < 4.78 is 0. The second-order valence-electron chi connectivity index (χ2n) is 2.97. The van der Waals surface area contributed by atoms with Gasteiger partial charge in [-0.1, -0.05) is 6.92 Å². The molecule has 0 fully saturated rings. The lowest BCUT2D eigenvalue weighted by atomic mass is 10.2. The lowest BCUT2D eigenvalue weighted by Crippen LogP contribution is -2.31. The van der Waals surface area contributed by atoms with Crippen molar-refractivity contribution in [1.29, 1.82) is 0 Å². The Morgan fingerprint density at radius 2 is 2.25 bits per heavy atom. The normalized spacial score (nSPS) is 12.6. The molecule has 0 aliphatic rings. The minimum absolute atomic E-state index is 0.193. The average molecular weight is 189 g/mol. The molecule has 0 aliphatic carbocycles. The van der Waals surface area contributed by atoms with Crippen LogP contribution in [0.1, 0.15) is 33.1 Å². The van der Waals surface area contributed by atoms with Gasteiger partial charge >= 0.3 is 0 Å². The summed E-state index contributed by atoms with van der Waals surface area (Å²) in [6.07, 6.45) is 4.73. The maximum Gasteiger partial charge on any atom is 0.220 e. The van der Waals surface area contributed by atoms with Gasteiger partial charge in [-0.05, 0) is 31.8 Å². The van der Waals surface area contributed by atoms with Gasteiger partial charge in [-0.2, -0.15) is 11.8 Å². The molecule has 0 aromatic rings. The molecule has 12 heavy (non-hydrogen) atoms. The number of carbonyl (C=O) groups excluding carboxylic acids is 1. The zero-order chi connectivity index (χ0) is 9.40. The van der Waals surface area contributed by atoms with E-state index < -0.39 is 0 Å². The summed E-state index contributed by atoms with van der Waals surface area (Å²) in [6, 6.07) is 0.326. The number of amides is 1. The van der Waals surface area contributed by atoms with E-state index in [2.05, 4.69) is 18.5 Å². The Morgan fingerprint density at radius 3 is 2.75 bits per heavy atom. The Balaban J connectivity index is 3.33.